The summed E-state index contributed by atoms with van der Waals surface area (Å²) in [6, 6.07) is 11.6. The zero-order valence-corrected chi connectivity index (χ0v) is 20.3. The molecule has 0 radical (unpaired) electrons. The molecule has 0 heterocycles. The van der Waals surface area contributed by atoms with E-state index in [1.807, 2.05) is 19.1 Å². The monoisotopic (exact) mass is 503 g/mol. The maximum Gasteiger partial charge on any atom is 0.156 e. The molecule has 2 aromatic carbocycles. The molecular formula is C23H25Cl4NO3. The smallest absolute Gasteiger partial charge is 0.156 e. The molecule has 0 aliphatic carbocycles. The largest absolute Gasteiger partial charge is 0.490 e. The van der Waals surface area contributed by atoms with Crippen molar-refractivity contribution in [1.29, 1.82) is 0 Å². The predicted octanol–water partition coefficient (Wildman–Crippen LogP) is 7.85. The molecular weight excluding hydrogens is 480 g/mol. The van der Waals surface area contributed by atoms with Crippen LogP contribution in [0.25, 0.3) is 0 Å². The van der Waals surface area contributed by atoms with E-state index < -0.39 is 0 Å². The summed E-state index contributed by atoms with van der Waals surface area (Å²) in [5, 5.41) is 4.72. The highest BCUT2D eigenvalue weighted by Crippen LogP contribution is 2.37. The van der Waals surface area contributed by atoms with E-state index in [4.69, 9.17) is 60.7 Å². The molecule has 2 aromatic rings. The number of halogens is 4. The van der Waals surface area contributed by atoms with Crippen LogP contribution in [0, 0.1) is 0 Å². The van der Waals surface area contributed by atoms with Crippen molar-refractivity contribution in [1.82, 2.24) is 0 Å². The van der Waals surface area contributed by atoms with E-state index in [2.05, 4.69) is 17.3 Å². The van der Waals surface area contributed by atoms with Crippen LogP contribution in [0.1, 0.15) is 37.3 Å². The molecule has 0 N–H and O–H groups in total. The average Bonchev–Trinajstić information content (AvgIpc) is 2.73. The first-order valence-corrected chi connectivity index (χ1v) is 11.5. The summed E-state index contributed by atoms with van der Waals surface area (Å²) in [6.45, 7) is 3.41. The highest BCUT2D eigenvalue weighted by molar-refractivity contribution is 6.55. The van der Waals surface area contributed by atoms with Gasteiger partial charge in [0, 0.05) is 12.1 Å². The Hall–Kier alpha value is -1.59. The topological polar surface area (TPSA) is 40.0 Å². The van der Waals surface area contributed by atoms with Crippen molar-refractivity contribution in [2.24, 2.45) is 5.16 Å². The van der Waals surface area contributed by atoms with E-state index in [0.29, 0.717) is 34.8 Å². The van der Waals surface area contributed by atoms with E-state index in [-0.39, 0.29) is 11.1 Å². The molecule has 31 heavy (non-hydrogen) atoms. The van der Waals surface area contributed by atoms with Crippen LogP contribution in [0.4, 0.5) is 0 Å². The molecule has 0 bridgehead atoms. The standard InChI is InChI=1S/C23H25Cl4NO3/c1-2-11-31-28-16-18-8-6-17(7-9-18)5-3-4-12-30-23-20(24)14-19(15-21(23)25)29-13-10-22(26)27/h6-10,14-16H,2-5,11-13H2,1H3. The summed E-state index contributed by atoms with van der Waals surface area (Å²) in [6.07, 6.45) is 7.00. The summed E-state index contributed by atoms with van der Waals surface area (Å²) in [5.41, 5.74) is 2.27. The first-order valence-electron chi connectivity index (χ1n) is 9.99. The maximum absolute atomic E-state index is 6.28. The summed E-state index contributed by atoms with van der Waals surface area (Å²) in [5.74, 6) is 0.967. The highest BCUT2D eigenvalue weighted by Gasteiger charge is 2.10. The van der Waals surface area contributed by atoms with Crippen molar-refractivity contribution in [3.63, 3.8) is 0 Å². The van der Waals surface area contributed by atoms with Gasteiger partial charge < -0.3 is 14.3 Å². The predicted molar refractivity (Wildman–Crippen MR) is 130 cm³/mol. The Morgan fingerprint density at radius 1 is 0.968 bits per heavy atom. The van der Waals surface area contributed by atoms with Crippen LogP contribution in [-0.4, -0.2) is 26.0 Å². The van der Waals surface area contributed by atoms with Crippen LogP contribution < -0.4 is 9.47 Å². The number of aryl methyl sites for hydroxylation is 1. The molecule has 0 unspecified atom stereocenters. The van der Waals surface area contributed by atoms with Gasteiger partial charge in [-0.25, -0.2) is 0 Å². The van der Waals surface area contributed by atoms with E-state index in [1.165, 1.54) is 11.6 Å². The van der Waals surface area contributed by atoms with Gasteiger partial charge in [-0.2, -0.15) is 0 Å². The number of rotatable bonds is 13. The molecule has 8 heteroatoms. The lowest BCUT2D eigenvalue weighted by Gasteiger charge is -2.12. The summed E-state index contributed by atoms with van der Waals surface area (Å²) < 4.78 is 11.4. The normalized spacial score (nSPS) is 10.9. The molecule has 0 atom stereocenters. The molecule has 4 nitrogen and oxygen atoms in total. The van der Waals surface area contributed by atoms with Gasteiger partial charge in [0.05, 0.1) is 22.9 Å². The maximum atomic E-state index is 6.28. The molecule has 2 rings (SSSR count). The number of hydrogen-bond donors (Lipinski definition) is 0. The van der Waals surface area contributed by atoms with Crippen LogP contribution in [0.2, 0.25) is 10.0 Å². The molecule has 0 saturated heterocycles. The van der Waals surface area contributed by atoms with E-state index in [9.17, 15) is 0 Å². The van der Waals surface area contributed by atoms with Crippen molar-refractivity contribution in [3.8, 4) is 11.5 Å². The van der Waals surface area contributed by atoms with Gasteiger partial charge in [0.15, 0.2) is 5.75 Å². The Morgan fingerprint density at radius 3 is 2.32 bits per heavy atom. The van der Waals surface area contributed by atoms with Crippen molar-refractivity contribution in [3.05, 3.63) is 68.1 Å². The van der Waals surface area contributed by atoms with Crippen molar-refractivity contribution in [2.45, 2.75) is 32.6 Å². The van der Waals surface area contributed by atoms with Gasteiger partial charge in [0.2, 0.25) is 0 Å². The Labute approximate surface area is 203 Å². The second kappa shape index (κ2) is 14.5. The first kappa shape index (κ1) is 25.7. The zero-order chi connectivity index (χ0) is 22.5. The molecule has 0 spiro atoms. The lowest BCUT2D eigenvalue weighted by atomic mass is 10.1. The van der Waals surface area contributed by atoms with Crippen LogP contribution in [-0.2, 0) is 11.3 Å². The summed E-state index contributed by atoms with van der Waals surface area (Å²) in [7, 11) is 0. The molecule has 0 amide bonds. The van der Waals surface area contributed by atoms with Gasteiger partial charge >= 0.3 is 0 Å². The molecule has 0 aromatic heterocycles. The van der Waals surface area contributed by atoms with Crippen LogP contribution in [0.15, 0.2) is 52.1 Å². The quantitative estimate of drug-likeness (QED) is 0.158. The van der Waals surface area contributed by atoms with Gasteiger partial charge in [0.25, 0.3) is 0 Å². The second-order valence-electron chi connectivity index (χ2n) is 6.64. The second-order valence-corrected chi connectivity index (χ2v) is 8.46. The number of hydrogen-bond acceptors (Lipinski definition) is 4. The van der Waals surface area contributed by atoms with Gasteiger partial charge in [-0.1, -0.05) is 82.7 Å². The first-order chi connectivity index (χ1) is 15.0. The Balaban J connectivity index is 1.73. The fourth-order valence-corrected chi connectivity index (χ4v) is 3.28. The third-order valence-corrected chi connectivity index (χ3v) is 4.99. The van der Waals surface area contributed by atoms with Crippen LogP contribution >= 0.6 is 46.4 Å². The minimum atomic E-state index is 0.138. The summed E-state index contributed by atoms with van der Waals surface area (Å²) >= 11 is 23.7. The third-order valence-electron chi connectivity index (χ3n) is 4.12. The fraction of sp³-hybridized carbons (Fsp3) is 0.348. The van der Waals surface area contributed by atoms with Crippen molar-refractivity contribution >= 4 is 52.6 Å². The van der Waals surface area contributed by atoms with Gasteiger partial charge in [0.1, 0.15) is 23.5 Å². The Bertz CT molecular complexity index is 843. The van der Waals surface area contributed by atoms with E-state index >= 15 is 0 Å². The van der Waals surface area contributed by atoms with Crippen LogP contribution in [0.3, 0.4) is 0 Å². The minimum Gasteiger partial charge on any atom is -0.490 e. The number of ether oxygens (including phenoxy) is 2. The summed E-state index contributed by atoms with van der Waals surface area (Å²) in [4.78, 5) is 5.11. The van der Waals surface area contributed by atoms with Gasteiger partial charge in [-0.05, 0) is 42.9 Å². The molecule has 0 aliphatic rings. The third kappa shape index (κ3) is 10.0. The number of nitrogens with zero attached hydrogens (tertiary/aromatic N) is 1. The van der Waals surface area contributed by atoms with Crippen molar-refractivity contribution in [2.75, 3.05) is 19.8 Å². The molecule has 0 aliphatic heterocycles. The lowest BCUT2D eigenvalue weighted by Crippen LogP contribution is -2.00. The SMILES string of the molecule is CCCON=Cc1ccc(CCCCOc2c(Cl)cc(OCC=C(Cl)Cl)cc2Cl)cc1. The number of oxime groups is 1. The van der Waals surface area contributed by atoms with E-state index in [0.717, 1.165) is 31.2 Å². The Kier molecular flexibility index (Phi) is 12.0. The highest BCUT2D eigenvalue weighted by atomic mass is 35.5. The molecule has 0 fully saturated rings. The minimum absolute atomic E-state index is 0.138. The Morgan fingerprint density at radius 2 is 1.68 bits per heavy atom. The zero-order valence-electron chi connectivity index (χ0n) is 17.3. The number of benzene rings is 2. The molecule has 168 valence electrons. The van der Waals surface area contributed by atoms with Gasteiger partial charge in [-0.15, -0.1) is 0 Å². The fourth-order valence-electron chi connectivity index (χ4n) is 2.58. The lowest BCUT2D eigenvalue weighted by molar-refractivity contribution is 0.146. The number of unbranched alkanes of at least 4 members (excludes halogenated alkanes) is 1. The van der Waals surface area contributed by atoms with Crippen LogP contribution in [0.5, 0.6) is 11.5 Å². The van der Waals surface area contributed by atoms with Gasteiger partial charge in [-0.3, -0.25) is 0 Å². The average molecular weight is 505 g/mol. The molecule has 0 saturated carbocycles. The van der Waals surface area contributed by atoms with E-state index in [1.54, 1.807) is 18.3 Å². The van der Waals surface area contributed by atoms with Crippen molar-refractivity contribution < 1.29 is 14.3 Å².